The van der Waals surface area contributed by atoms with Crippen molar-refractivity contribution in [3.63, 3.8) is 0 Å². The lowest BCUT2D eigenvalue weighted by atomic mass is 10.2. The molecule has 2 aromatic rings. The number of carbonyl (C=O) groups excluding carboxylic acids is 1. The third kappa shape index (κ3) is 2.51. The van der Waals surface area contributed by atoms with E-state index in [4.69, 9.17) is 0 Å². The number of hydrogen-bond donors (Lipinski definition) is 0. The van der Waals surface area contributed by atoms with Gasteiger partial charge in [-0.15, -0.1) is 11.3 Å². The van der Waals surface area contributed by atoms with Crippen molar-refractivity contribution in [1.29, 1.82) is 0 Å². The van der Waals surface area contributed by atoms with Crippen LogP contribution >= 0.6 is 11.3 Å². The van der Waals surface area contributed by atoms with Crippen LogP contribution in [0.5, 0.6) is 0 Å². The third-order valence-electron chi connectivity index (χ3n) is 2.20. The summed E-state index contributed by atoms with van der Waals surface area (Å²) in [7, 11) is 0. The second kappa shape index (κ2) is 4.77. The fourth-order valence-corrected chi connectivity index (χ4v) is 1.99. The number of rotatable bonds is 3. The molecule has 0 spiro atoms. The summed E-state index contributed by atoms with van der Waals surface area (Å²) in [5.41, 5.74) is -0.413. The van der Waals surface area contributed by atoms with E-state index >= 15 is 0 Å². The average Bonchev–Trinajstić information content (AvgIpc) is 2.83. The van der Waals surface area contributed by atoms with Crippen LogP contribution in [0, 0.1) is 0 Å². The molecule has 94 valence electrons. The van der Waals surface area contributed by atoms with Crippen LogP contribution < -0.4 is 4.90 Å². The molecule has 0 radical (unpaired) electrons. The van der Waals surface area contributed by atoms with Crippen LogP contribution in [0.3, 0.4) is 0 Å². The van der Waals surface area contributed by atoms with Gasteiger partial charge in [0.15, 0.2) is 5.13 Å². The highest BCUT2D eigenvalue weighted by atomic mass is 32.1. The fourth-order valence-electron chi connectivity index (χ4n) is 1.36. The molecular weight excluding hydrogens is 265 g/mol. The zero-order chi connectivity index (χ0) is 13.2. The van der Waals surface area contributed by atoms with E-state index in [1.165, 1.54) is 34.6 Å². The minimum atomic E-state index is -4.38. The van der Waals surface area contributed by atoms with Crippen LogP contribution in [0.4, 0.5) is 24.0 Å². The molecule has 1 aromatic heterocycles. The monoisotopic (exact) mass is 272 g/mol. The number of anilines is 2. The molecule has 1 amide bonds. The van der Waals surface area contributed by atoms with E-state index in [1.807, 2.05) is 0 Å². The smallest absolute Gasteiger partial charge is 0.278 e. The number of alkyl halides is 3. The van der Waals surface area contributed by atoms with Gasteiger partial charge in [-0.25, -0.2) is 4.98 Å². The molecule has 0 aliphatic carbocycles. The van der Waals surface area contributed by atoms with Crippen molar-refractivity contribution >= 4 is 28.6 Å². The molecule has 0 fully saturated rings. The predicted molar refractivity (Wildman–Crippen MR) is 61.8 cm³/mol. The quantitative estimate of drug-likeness (QED) is 0.802. The minimum Gasteiger partial charge on any atom is -0.278 e. The Morgan fingerprint density at radius 1 is 1.22 bits per heavy atom. The van der Waals surface area contributed by atoms with E-state index in [1.54, 1.807) is 5.38 Å². The highest BCUT2D eigenvalue weighted by molar-refractivity contribution is 7.13. The Morgan fingerprint density at radius 2 is 1.89 bits per heavy atom. The van der Waals surface area contributed by atoms with Crippen LogP contribution in [-0.4, -0.2) is 11.4 Å². The van der Waals surface area contributed by atoms with Crippen molar-refractivity contribution in [3.8, 4) is 0 Å². The van der Waals surface area contributed by atoms with Crippen molar-refractivity contribution in [1.82, 2.24) is 4.98 Å². The van der Waals surface area contributed by atoms with Gasteiger partial charge in [0, 0.05) is 11.6 Å². The summed E-state index contributed by atoms with van der Waals surface area (Å²) in [4.78, 5) is 16.1. The number of benzene rings is 1. The third-order valence-corrected chi connectivity index (χ3v) is 2.97. The zero-order valence-electron chi connectivity index (χ0n) is 8.89. The normalized spacial score (nSPS) is 11.3. The number of aromatic nitrogens is 1. The van der Waals surface area contributed by atoms with Gasteiger partial charge in [0.1, 0.15) is 0 Å². The Hall–Kier alpha value is -1.89. The maximum atomic E-state index is 12.4. The first-order valence-corrected chi connectivity index (χ1v) is 5.71. The largest absolute Gasteiger partial charge is 0.416 e. The van der Waals surface area contributed by atoms with Gasteiger partial charge >= 0.3 is 6.18 Å². The highest BCUT2D eigenvalue weighted by Crippen LogP contribution is 2.32. The van der Waals surface area contributed by atoms with Crippen molar-refractivity contribution in [2.45, 2.75) is 6.18 Å². The number of carbonyl (C=O) groups is 1. The molecule has 3 nitrogen and oxygen atoms in total. The van der Waals surface area contributed by atoms with Crippen LogP contribution in [0.15, 0.2) is 35.8 Å². The molecule has 0 aliphatic heterocycles. The van der Waals surface area contributed by atoms with E-state index in [0.717, 1.165) is 12.1 Å². The second-order valence-corrected chi connectivity index (χ2v) is 4.21. The Labute approximate surface area is 104 Å². The lowest BCUT2D eigenvalue weighted by molar-refractivity contribution is -0.137. The Bertz CT molecular complexity index is 522. The molecule has 0 unspecified atom stereocenters. The van der Waals surface area contributed by atoms with E-state index in [0.29, 0.717) is 17.2 Å². The number of amides is 1. The molecule has 0 N–H and O–H groups in total. The first-order chi connectivity index (χ1) is 8.52. The second-order valence-electron chi connectivity index (χ2n) is 3.33. The molecule has 0 atom stereocenters. The van der Waals surface area contributed by atoms with Crippen LogP contribution in [0.25, 0.3) is 0 Å². The fraction of sp³-hybridized carbons (Fsp3) is 0.0909. The Balaban J connectivity index is 2.31. The molecule has 0 saturated carbocycles. The zero-order valence-corrected chi connectivity index (χ0v) is 9.70. The van der Waals surface area contributed by atoms with Crippen molar-refractivity contribution < 1.29 is 18.0 Å². The molecule has 0 saturated heterocycles. The first-order valence-electron chi connectivity index (χ1n) is 4.83. The molecule has 0 bridgehead atoms. The molecule has 7 heteroatoms. The van der Waals surface area contributed by atoms with Crippen molar-refractivity contribution in [2.24, 2.45) is 0 Å². The summed E-state index contributed by atoms with van der Waals surface area (Å²) < 4.78 is 37.1. The van der Waals surface area contributed by atoms with Crippen LogP contribution in [0.1, 0.15) is 5.56 Å². The number of nitrogens with zero attached hydrogens (tertiary/aromatic N) is 2. The molecule has 1 aromatic carbocycles. The van der Waals surface area contributed by atoms with E-state index in [2.05, 4.69) is 4.98 Å². The van der Waals surface area contributed by atoms with E-state index < -0.39 is 11.7 Å². The lowest BCUT2D eigenvalue weighted by Gasteiger charge is -2.14. The van der Waals surface area contributed by atoms with Gasteiger partial charge < -0.3 is 0 Å². The number of thiazole rings is 1. The van der Waals surface area contributed by atoms with Gasteiger partial charge in [0.05, 0.1) is 11.3 Å². The standard InChI is InChI=1S/C11H7F3N2OS/c12-11(13,14)8-1-3-9(4-2-8)16(7-17)10-15-5-6-18-10/h1-7H. The molecule has 18 heavy (non-hydrogen) atoms. The Morgan fingerprint density at radius 3 is 2.33 bits per heavy atom. The summed E-state index contributed by atoms with van der Waals surface area (Å²) in [6.45, 7) is 0. The van der Waals surface area contributed by atoms with Gasteiger partial charge in [-0.1, -0.05) is 0 Å². The molecule has 1 heterocycles. The van der Waals surface area contributed by atoms with Gasteiger partial charge in [-0.3, -0.25) is 9.69 Å². The SMILES string of the molecule is O=CN(c1ccc(C(F)(F)F)cc1)c1nccs1. The van der Waals surface area contributed by atoms with Gasteiger partial charge in [-0.05, 0) is 24.3 Å². The summed E-state index contributed by atoms with van der Waals surface area (Å²) in [5, 5.41) is 2.08. The molecular formula is C11H7F3N2OS. The van der Waals surface area contributed by atoms with Crippen molar-refractivity contribution in [2.75, 3.05) is 4.90 Å². The van der Waals surface area contributed by atoms with Gasteiger partial charge in [0.2, 0.25) is 6.41 Å². The maximum Gasteiger partial charge on any atom is 0.416 e. The number of hydrogen-bond acceptors (Lipinski definition) is 3. The first kappa shape index (κ1) is 12.6. The summed E-state index contributed by atoms with van der Waals surface area (Å²) in [6, 6.07) is 4.33. The lowest BCUT2D eigenvalue weighted by Crippen LogP contribution is -2.14. The van der Waals surface area contributed by atoms with Crippen molar-refractivity contribution in [3.05, 3.63) is 41.4 Å². The van der Waals surface area contributed by atoms with Crippen LogP contribution in [-0.2, 0) is 11.0 Å². The van der Waals surface area contributed by atoms with E-state index in [-0.39, 0.29) is 0 Å². The van der Waals surface area contributed by atoms with E-state index in [9.17, 15) is 18.0 Å². The predicted octanol–water partition coefficient (Wildman–Crippen LogP) is 3.46. The molecule has 2 rings (SSSR count). The summed E-state index contributed by atoms with van der Waals surface area (Å²) in [6.07, 6.45) is -2.35. The minimum absolute atomic E-state index is 0.341. The number of halogens is 3. The Kier molecular flexibility index (Phi) is 3.33. The summed E-state index contributed by atoms with van der Waals surface area (Å²) >= 11 is 1.22. The topological polar surface area (TPSA) is 33.2 Å². The average molecular weight is 272 g/mol. The van der Waals surface area contributed by atoms with Gasteiger partial charge in [0.25, 0.3) is 0 Å². The maximum absolute atomic E-state index is 12.4. The molecule has 0 aliphatic rings. The summed E-state index contributed by atoms with van der Waals surface area (Å²) in [5.74, 6) is 0. The highest BCUT2D eigenvalue weighted by Gasteiger charge is 2.30. The van der Waals surface area contributed by atoms with Crippen LogP contribution in [0.2, 0.25) is 0 Å². The van der Waals surface area contributed by atoms with Gasteiger partial charge in [-0.2, -0.15) is 13.2 Å².